The summed E-state index contributed by atoms with van der Waals surface area (Å²) in [5, 5.41) is 10.5. The van der Waals surface area contributed by atoms with Gasteiger partial charge in [0.05, 0.1) is 6.54 Å². The molecule has 1 aliphatic rings. The van der Waals surface area contributed by atoms with E-state index in [9.17, 15) is 9.90 Å². The number of rotatable bonds is 0. The molecule has 0 bridgehead atoms. The van der Waals surface area contributed by atoms with Gasteiger partial charge in [-0.1, -0.05) is 11.6 Å². The summed E-state index contributed by atoms with van der Waals surface area (Å²) in [6, 6.07) is 3.23. The van der Waals surface area contributed by atoms with Crippen LogP contribution in [0.1, 0.15) is 31.9 Å². The van der Waals surface area contributed by atoms with Crippen molar-refractivity contribution in [2.75, 3.05) is 6.54 Å². The first-order chi connectivity index (χ1) is 8.78. The maximum absolute atomic E-state index is 12.0. The number of fused-ring (bicyclic) bond motifs is 1. The molecule has 1 aromatic carbocycles. The molecule has 0 aliphatic carbocycles. The van der Waals surface area contributed by atoms with Crippen LogP contribution in [-0.2, 0) is 17.7 Å². The standard InChI is InChI=1S/C14H18ClNO3/c1-14(2,3)19-13(18)16-7-6-9-10(8-16)12(17)5-4-11(9)15/h4-5,17H,6-8H2,1-3H3. The second-order valence-electron chi connectivity index (χ2n) is 5.68. The summed E-state index contributed by atoms with van der Waals surface area (Å²) in [4.78, 5) is 13.6. The normalized spacial score (nSPS) is 15.1. The van der Waals surface area contributed by atoms with Crippen LogP contribution in [-0.4, -0.2) is 28.2 Å². The van der Waals surface area contributed by atoms with Crippen LogP contribution < -0.4 is 0 Å². The number of hydrogen-bond donors (Lipinski definition) is 1. The Morgan fingerprint density at radius 3 is 2.68 bits per heavy atom. The van der Waals surface area contributed by atoms with Crippen LogP contribution in [0.15, 0.2) is 12.1 Å². The van der Waals surface area contributed by atoms with Gasteiger partial charge in [0.15, 0.2) is 0 Å². The molecule has 19 heavy (non-hydrogen) atoms. The number of benzene rings is 1. The van der Waals surface area contributed by atoms with Gasteiger partial charge in [0.25, 0.3) is 0 Å². The van der Waals surface area contributed by atoms with Crippen LogP contribution in [0.25, 0.3) is 0 Å². The fraction of sp³-hybridized carbons (Fsp3) is 0.500. The average molecular weight is 284 g/mol. The van der Waals surface area contributed by atoms with Crippen molar-refractivity contribution in [1.29, 1.82) is 0 Å². The Morgan fingerprint density at radius 2 is 2.05 bits per heavy atom. The van der Waals surface area contributed by atoms with E-state index in [0.717, 1.165) is 5.56 Å². The summed E-state index contributed by atoms with van der Waals surface area (Å²) in [6.45, 7) is 6.37. The number of carbonyl (C=O) groups is 1. The lowest BCUT2D eigenvalue weighted by molar-refractivity contribution is 0.0223. The molecule has 2 rings (SSSR count). The Kier molecular flexibility index (Phi) is 3.63. The quantitative estimate of drug-likeness (QED) is 0.794. The SMILES string of the molecule is CC(C)(C)OC(=O)N1CCc2c(Cl)ccc(O)c2C1. The molecule has 104 valence electrons. The first-order valence-electron chi connectivity index (χ1n) is 6.25. The summed E-state index contributed by atoms with van der Waals surface area (Å²) in [7, 11) is 0. The van der Waals surface area contributed by atoms with E-state index in [1.807, 2.05) is 20.8 Å². The predicted molar refractivity (Wildman–Crippen MR) is 73.5 cm³/mol. The van der Waals surface area contributed by atoms with Crippen molar-refractivity contribution in [3.05, 3.63) is 28.3 Å². The lowest BCUT2D eigenvalue weighted by Crippen LogP contribution is -2.40. The molecular weight excluding hydrogens is 266 g/mol. The molecule has 0 saturated heterocycles. The molecule has 0 radical (unpaired) electrons. The number of hydrogen-bond acceptors (Lipinski definition) is 3. The molecule has 1 heterocycles. The van der Waals surface area contributed by atoms with Gasteiger partial charge in [-0.3, -0.25) is 0 Å². The molecule has 0 aromatic heterocycles. The van der Waals surface area contributed by atoms with E-state index >= 15 is 0 Å². The van der Waals surface area contributed by atoms with E-state index in [4.69, 9.17) is 16.3 Å². The highest BCUT2D eigenvalue weighted by Gasteiger charge is 2.27. The Morgan fingerprint density at radius 1 is 1.37 bits per heavy atom. The molecule has 4 nitrogen and oxygen atoms in total. The Bertz CT molecular complexity index is 508. The van der Waals surface area contributed by atoms with Gasteiger partial charge in [0.2, 0.25) is 0 Å². The highest BCUT2D eigenvalue weighted by atomic mass is 35.5. The molecule has 0 unspecified atom stereocenters. The topological polar surface area (TPSA) is 49.8 Å². The van der Waals surface area contributed by atoms with E-state index in [-0.39, 0.29) is 11.8 Å². The van der Waals surface area contributed by atoms with E-state index in [0.29, 0.717) is 30.1 Å². The third-order valence-corrected chi connectivity index (χ3v) is 3.34. The number of nitrogens with zero attached hydrogens (tertiary/aromatic N) is 1. The van der Waals surface area contributed by atoms with E-state index < -0.39 is 5.60 Å². The lowest BCUT2D eigenvalue weighted by Gasteiger charge is -2.31. The summed E-state index contributed by atoms with van der Waals surface area (Å²) in [5.41, 5.74) is 1.11. The van der Waals surface area contributed by atoms with E-state index in [2.05, 4.69) is 0 Å². The van der Waals surface area contributed by atoms with Gasteiger partial charge >= 0.3 is 6.09 Å². The molecule has 0 atom stereocenters. The van der Waals surface area contributed by atoms with Crippen LogP contribution in [0.5, 0.6) is 5.75 Å². The number of phenols is 1. The Labute approximate surface area is 117 Å². The zero-order valence-electron chi connectivity index (χ0n) is 11.4. The van der Waals surface area contributed by atoms with E-state index in [1.165, 1.54) is 0 Å². The third-order valence-electron chi connectivity index (χ3n) is 2.98. The van der Waals surface area contributed by atoms with Crippen molar-refractivity contribution in [3.63, 3.8) is 0 Å². The monoisotopic (exact) mass is 283 g/mol. The molecule has 1 aliphatic heterocycles. The average Bonchev–Trinajstić information content (AvgIpc) is 2.31. The predicted octanol–water partition coefficient (Wildman–Crippen LogP) is 3.34. The minimum atomic E-state index is -0.520. The van der Waals surface area contributed by atoms with Crippen molar-refractivity contribution in [2.24, 2.45) is 0 Å². The first-order valence-corrected chi connectivity index (χ1v) is 6.63. The molecule has 0 spiro atoms. The van der Waals surface area contributed by atoms with Gasteiger partial charge in [-0.25, -0.2) is 4.79 Å². The zero-order valence-corrected chi connectivity index (χ0v) is 12.1. The maximum atomic E-state index is 12.0. The van der Waals surface area contributed by atoms with Crippen LogP contribution >= 0.6 is 11.6 Å². The minimum absolute atomic E-state index is 0.174. The third kappa shape index (κ3) is 3.13. The van der Waals surface area contributed by atoms with Gasteiger partial charge in [-0.05, 0) is 44.9 Å². The summed E-state index contributed by atoms with van der Waals surface area (Å²) in [5.74, 6) is 0.174. The number of halogens is 1. The highest BCUT2D eigenvalue weighted by Crippen LogP contribution is 2.32. The van der Waals surface area contributed by atoms with Crippen LogP contribution in [0.3, 0.4) is 0 Å². The summed E-state index contributed by atoms with van der Waals surface area (Å²) >= 11 is 6.10. The molecule has 0 saturated carbocycles. The van der Waals surface area contributed by atoms with Crippen LogP contribution in [0.4, 0.5) is 4.79 Å². The number of carbonyl (C=O) groups excluding carboxylic acids is 1. The second kappa shape index (κ2) is 4.93. The van der Waals surface area contributed by atoms with Crippen molar-refractivity contribution in [2.45, 2.75) is 39.3 Å². The minimum Gasteiger partial charge on any atom is -0.508 e. The second-order valence-corrected chi connectivity index (χ2v) is 6.08. The largest absolute Gasteiger partial charge is 0.508 e. The van der Waals surface area contributed by atoms with Crippen molar-refractivity contribution in [1.82, 2.24) is 4.90 Å². The summed E-state index contributed by atoms with van der Waals surface area (Å²) < 4.78 is 5.33. The van der Waals surface area contributed by atoms with Gasteiger partial charge < -0.3 is 14.7 Å². The molecular formula is C14H18ClNO3. The molecule has 5 heteroatoms. The number of aromatic hydroxyl groups is 1. The fourth-order valence-corrected chi connectivity index (χ4v) is 2.37. The van der Waals surface area contributed by atoms with Gasteiger partial charge in [-0.15, -0.1) is 0 Å². The molecule has 1 aromatic rings. The fourth-order valence-electron chi connectivity index (χ4n) is 2.10. The molecule has 1 amide bonds. The van der Waals surface area contributed by atoms with Crippen LogP contribution in [0, 0.1) is 0 Å². The van der Waals surface area contributed by atoms with Gasteiger partial charge in [0, 0.05) is 17.1 Å². The summed E-state index contributed by atoms with van der Waals surface area (Å²) in [6.07, 6.45) is 0.263. The van der Waals surface area contributed by atoms with Crippen molar-refractivity contribution < 1.29 is 14.6 Å². The zero-order chi connectivity index (χ0) is 14.2. The van der Waals surface area contributed by atoms with Crippen molar-refractivity contribution >= 4 is 17.7 Å². The number of ether oxygens (including phenoxy) is 1. The Hall–Kier alpha value is -1.42. The number of amides is 1. The number of phenolic OH excluding ortho intramolecular Hbond substituents is 1. The first kappa shape index (κ1) is 14.0. The molecule has 0 fully saturated rings. The van der Waals surface area contributed by atoms with Crippen molar-refractivity contribution in [3.8, 4) is 5.75 Å². The van der Waals surface area contributed by atoms with Gasteiger partial charge in [0.1, 0.15) is 11.4 Å². The maximum Gasteiger partial charge on any atom is 0.410 e. The lowest BCUT2D eigenvalue weighted by atomic mass is 9.99. The van der Waals surface area contributed by atoms with Gasteiger partial charge in [-0.2, -0.15) is 0 Å². The highest BCUT2D eigenvalue weighted by molar-refractivity contribution is 6.31. The smallest absolute Gasteiger partial charge is 0.410 e. The Balaban J connectivity index is 2.18. The van der Waals surface area contributed by atoms with E-state index in [1.54, 1.807) is 17.0 Å². The molecule has 1 N–H and O–H groups in total. The van der Waals surface area contributed by atoms with Crippen LogP contribution in [0.2, 0.25) is 5.02 Å².